The maximum Gasteiger partial charge on any atom is 0.274 e. The number of rotatable bonds is 3. The van der Waals surface area contributed by atoms with Crippen LogP contribution in [0.2, 0.25) is 0 Å². The molecule has 6 nitrogen and oxygen atoms in total. The quantitative estimate of drug-likeness (QED) is 0.729. The zero-order chi connectivity index (χ0) is 12.3. The van der Waals surface area contributed by atoms with Crippen molar-refractivity contribution >= 4 is 5.91 Å². The molecule has 16 heavy (non-hydrogen) atoms. The summed E-state index contributed by atoms with van der Waals surface area (Å²) in [6.07, 6.45) is 0. The molecule has 0 saturated heterocycles. The molecule has 0 atom stereocenters. The summed E-state index contributed by atoms with van der Waals surface area (Å²) in [7, 11) is 1.65. The van der Waals surface area contributed by atoms with Crippen LogP contribution in [0.1, 0.15) is 24.3 Å². The van der Waals surface area contributed by atoms with Crippen LogP contribution in [0.4, 0.5) is 0 Å². The lowest BCUT2D eigenvalue weighted by atomic mass is 10.0. The zero-order valence-electron chi connectivity index (χ0n) is 9.65. The van der Waals surface area contributed by atoms with Crippen LogP contribution < -0.4 is 11.3 Å². The van der Waals surface area contributed by atoms with Gasteiger partial charge < -0.3 is 10.6 Å². The summed E-state index contributed by atoms with van der Waals surface area (Å²) < 4.78 is 0. The van der Waals surface area contributed by atoms with Crippen LogP contribution in [-0.2, 0) is 0 Å². The van der Waals surface area contributed by atoms with E-state index in [-0.39, 0.29) is 17.2 Å². The van der Waals surface area contributed by atoms with Crippen molar-refractivity contribution in [2.24, 2.45) is 5.73 Å². The van der Waals surface area contributed by atoms with Gasteiger partial charge in [-0.2, -0.15) is 5.10 Å². The lowest BCUT2D eigenvalue weighted by Crippen LogP contribution is -2.50. The molecular weight excluding hydrogens is 208 g/mol. The molecule has 0 aliphatic rings. The number of likely N-dealkylation sites (N-methyl/N-ethyl adjacent to an activating group) is 1. The topological polar surface area (TPSA) is 92.1 Å². The molecule has 0 unspecified atom stereocenters. The second kappa shape index (κ2) is 4.44. The van der Waals surface area contributed by atoms with Gasteiger partial charge in [0, 0.05) is 25.2 Å². The minimum absolute atomic E-state index is 0.198. The average Bonchev–Trinajstić information content (AvgIpc) is 2.28. The van der Waals surface area contributed by atoms with Crippen LogP contribution in [0.3, 0.4) is 0 Å². The Hall–Kier alpha value is -1.69. The highest BCUT2D eigenvalue weighted by Gasteiger charge is 2.27. The highest BCUT2D eigenvalue weighted by Crippen LogP contribution is 2.12. The number of aromatic nitrogens is 2. The smallest absolute Gasteiger partial charge is 0.274 e. The van der Waals surface area contributed by atoms with Gasteiger partial charge in [0.2, 0.25) is 0 Å². The monoisotopic (exact) mass is 224 g/mol. The predicted molar refractivity (Wildman–Crippen MR) is 60.1 cm³/mol. The maximum atomic E-state index is 11.9. The van der Waals surface area contributed by atoms with Crippen molar-refractivity contribution < 1.29 is 4.79 Å². The molecule has 3 N–H and O–H groups in total. The largest absolute Gasteiger partial charge is 0.334 e. The van der Waals surface area contributed by atoms with Crippen molar-refractivity contribution in [3.8, 4) is 0 Å². The molecule has 1 aromatic rings. The third-order valence-corrected chi connectivity index (χ3v) is 2.61. The molecule has 0 saturated carbocycles. The van der Waals surface area contributed by atoms with Crippen molar-refractivity contribution in [3.63, 3.8) is 0 Å². The molecule has 0 bridgehead atoms. The van der Waals surface area contributed by atoms with E-state index in [9.17, 15) is 9.59 Å². The van der Waals surface area contributed by atoms with Crippen molar-refractivity contribution in [1.82, 2.24) is 15.1 Å². The molecule has 1 heterocycles. The van der Waals surface area contributed by atoms with E-state index in [0.717, 1.165) is 0 Å². The first kappa shape index (κ1) is 12.4. The molecule has 1 aromatic heterocycles. The molecule has 88 valence electrons. The highest BCUT2D eigenvalue weighted by atomic mass is 16.2. The minimum Gasteiger partial charge on any atom is -0.334 e. The van der Waals surface area contributed by atoms with E-state index in [1.165, 1.54) is 17.0 Å². The summed E-state index contributed by atoms with van der Waals surface area (Å²) in [4.78, 5) is 24.3. The van der Waals surface area contributed by atoms with E-state index < -0.39 is 5.54 Å². The molecule has 6 heteroatoms. The van der Waals surface area contributed by atoms with Crippen LogP contribution >= 0.6 is 0 Å². The van der Waals surface area contributed by atoms with Crippen molar-refractivity contribution in [2.45, 2.75) is 19.4 Å². The van der Waals surface area contributed by atoms with Crippen LogP contribution in [0.5, 0.6) is 0 Å². The first-order chi connectivity index (χ1) is 7.38. The molecule has 0 fully saturated rings. The normalized spacial score (nSPS) is 11.2. The van der Waals surface area contributed by atoms with Crippen LogP contribution in [-0.4, -0.2) is 40.1 Å². The Kier molecular flexibility index (Phi) is 3.44. The molecule has 0 aliphatic carbocycles. The van der Waals surface area contributed by atoms with Gasteiger partial charge in [-0.05, 0) is 19.9 Å². The Morgan fingerprint density at radius 3 is 2.62 bits per heavy atom. The van der Waals surface area contributed by atoms with E-state index in [1.807, 2.05) is 13.8 Å². The standard InChI is InChI=1S/C10H16N4O2/c1-10(2,6-11)14(3)9(16)7-4-5-8(15)13-12-7/h4-5H,6,11H2,1-3H3,(H,13,15). The first-order valence-corrected chi connectivity index (χ1v) is 4.92. The fourth-order valence-electron chi connectivity index (χ4n) is 1.05. The second-order valence-electron chi connectivity index (χ2n) is 4.19. The fraction of sp³-hybridized carbons (Fsp3) is 0.500. The summed E-state index contributed by atoms with van der Waals surface area (Å²) in [5.41, 5.74) is 4.99. The lowest BCUT2D eigenvalue weighted by Gasteiger charge is -2.34. The van der Waals surface area contributed by atoms with Gasteiger partial charge in [-0.25, -0.2) is 5.10 Å². The molecular formula is C10H16N4O2. The third kappa shape index (κ3) is 2.46. The third-order valence-electron chi connectivity index (χ3n) is 2.61. The Labute approximate surface area is 93.5 Å². The van der Waals surface area contributed by atoms with E-state index in [4.69, 9.17) is 5.73 Å². The summed E-state index contributed by atoms with van der Waals surface area (Å²) >= 11 is 0. The number of nitrogens with two attached hydrogens (primary N) is 1. The second-order valence-corrected chi connectivity index (χ2v) is 4.19. The predicted octanol–water partition coefficient (Wildman–Crippen LogP) is -0.421. The summed E-state index contributed by atoms with van der Waals surface area (Å²) in [6, 6.07) is 2.66. The zero-order valence-corrected chi connectivity index (χ0v) is 9.65. The van der Waals surface area contributed by atoms with Crippen molar-refractivity contribution in [2.75, 3.05) is 13.6 Å². The summed E-state index contributed by atoms with van der Waals surface area (Å²) in [5, 5.41) is 5.90. The van der Waals surface area contributed by atoms with Gasteiger partial charge in [-0.1, -0.05) is 0 Å². The van der Waals surface area contributed by atoms with Gasteiger partial charge in [0.05, 0.1) is 0 Å². The summed E-state index contributed by atoms with van der Waals surface area (Å²) in [6.45, 7) is 4.06. The van der Waals surface area contributed by atoms with Gasteiger partial charge in [0.25, 0.3) is 11.5 Å². The number of aromatic amines is 1. The Bertz CT molecular complexity index is 418. The average molecular weight is 224 g/mol. The number of nitrogens with one attached hydrogen (secondary N) is 1. The maximum absolute atomic E-state index is 11.9. The minimum atomic E-state index is -0.450. The fourth-order valence-corrected chi connectivity index (χ4v) is 1.05. The molecule has 0 spiro atoms. The van der Waals surface area contributed by atoms with E-state index >= 15 is 0 Å². The van der Waals surface area contributed by atoms with Crippen molar-refractivity contribution in [3.05, 3.63) is 28.2 Å². The number of amides is 1. The number of H-pyrrole nitrogens is 1. The Balaban J connectivity index is 2.94. The number of carbonyl (C=O) groups excluding carboxylic acids is 1. The number of hydrogen-bond acceptors (Lipinski definition) is 4. The molecule has 0 aromatic carbocycles. The lowest BCUT2D eigenvalue weighted by molar-refractivity contribution is 0.0633. The number of hydrogen-bond donors (Lipinski definition) is 2. The van der Waals surface area contributed by atoms with Gasteiger partial charge in [-0.3, -0.25) is 9.59 Å². The molecule has 0 aliphatic heterocycles. The van der Waals surface area contributed by atoms with Gasteiger partial charge in [0.15, 0.2) is 0 Å². The SMILES string of the molecule is CN(C(=O)c1ccc(=O)[nH]n1)C(C)(C)CN. The number of nitrogens with zero attached hydrogens (tertiary/aromatic N) is 2. The van der Waals surface area contributed by atoms with E-state index in [1.54, 1.807) is 7.05 Å². The van der Waals surface area contributed by atoms with E-state index in [2.05, 4.69) is 10.2 Å². The molecule has 1 amide bonds. The van der Waals surface area contributed by atoms with Crippen LogP contribution in [0, 0.1) is 0 Å². The van der Waals surface area contributed by atoms with Crippen LogP contribution in [0.25, 0.3) is 0 Å². The van der Waals surface area contributed by atoms with Gasteiger partial charge >= 0.3 is 0 Å². The highest BCUT2D eigenvalue weighted by molar-refractivity contribution is 5.92. The van der Waals surface area contributed by atoms with Gasteiger partial charge in [0.1, 0.15) is 5.69 Å². The number of carbonyl (C=O) groups is 1. The van der Waals surface area contributed by atoms with E-state index in [0.29, 0.717) is 6.54 Å². The Morgan fingerprint density at radius 2 is 2.19 bits per heavy atom. The molecule has 1 rings (SSSR count). The summed E-state index contributed by atoms with van der Waals surface area (Å²) in [5.74, 6) is -0.272. The van der Waals surface area contributed by atoms with Gasteiger partial charge in [-0.15, -0.1) is 0 Å². The van der Waals surface area contributed by atoms with Crippen LogP contribution in [0.15, 0.2) is 16.9 Å². The first-order valence-electron chi connectivity index (χ1n) is 4.92. The Morgan fingerprint density at radius 1 is 1.56 bits per heavy atom. The van der Waals surface area contributed by atoms with Crippen molar-refractivity contribution in [1.29, 1.82) is 0 Å². The molecule has 0 radical (unpaired) electrons.